The number of alkyl halides is 3. The lowest BCUT2D eigenvalue weighted by Gasteiger charge is -2.19. The molecule has 1 aromatic carbocycles. The number of amides is 2. The number of halogens is 3. The Morgan fingerprint density at radius 1 is 1.18 bits per heavy atom. The van der Waals surface area contributed by atoms with Crippen molar-refractivity contribution in [1.82, 2.24) is 9.88 Å². The molecule has 1 aromatic heterocycles. The fourth-order valence-electron chi connectivity index (χ4n) is 2.92. The maximum atomic E-state index is 13.1. The molecular weight excluding hydrogens is 379 g/mol. The Hall–Kier alpha value is -3.30. The molecule has 1 aliphatic heterocycles. The largest absolute Gasteiger partial charge is 0.481 e. The van der Waals surface area contributed by atoms with Crippen molar-refractivity contribution in [1.29, 1.82) is 0 Å². The van der Waals surface area contributed by atoms with E-state index in [4.69, 9.17) is 9.84 Å². The first-order valence-corrected chi connectivity index (χ1v) is 8.28. The van der Waals surface area contributed by atoms with Gasteiger partial charge in [0, 0.05) is 37.1 Å². The molecule has 0 bridgehead atoms. The van der Waals surface area contributed by atoms with Crippen LogP contribution in [-0.2, 0) is 4.79 Å². The molecule has 10 heteroatoms. The highest BCUT2D eigenvalue weighted by molar-refractivity contribution is 5.90. The zero-order chi connectivity index (χ0) is 20.3. The summed E-state index contributed by atoms with van der Waals surface area (Å²) < 4.78 is 44.7. The van der Waals surface area contributed by atoms with Crippen LogP contribution in [0.15, 0.2) is 48.7 Å². The van der Waals surface area contributed by atoms with E-state index in [1.54, 1.807) is 36.5 Å². The number of carboxylic acid groups (broad SMARTS) is 1. The molecule has 2 aromatic rings. The van der Waals surface area contributed by atoms with E-state index < -0.39 is 43.1 Å². The fourth-order valence-corrected chi connectivity index (χ4v) is 2.92. The number of benzene rings is 1. The molecular formula is C18H16F3N3O4. The molecule has 28 heavy (non-hydrogen) atoms. The smallest absolute Gasteiger partial charge is 0.394 e. The first-order chi connectivity index (χ1) is 13.2. The van der Waals surface area contributed by atoms with E-state index in [0.29, 0.717) is 17.3 Å². The van der Waals surface area contributed by atoms with Crippen molar-refractivity contribution in [3.05, 3.63) is 48.7 Å². The minimum absolute atomic E-state index is 0.292. The van der Waals surface area contributed by atoms with Crippen molar-refractivity contribution in [3.8, 4) is 11.6 Å². The molecule has 2 N–H and O–H groups in total. The zero-order valence-electron chi connectivity index (χ0n) is 14.4. The summed E-state index contributed by atoms with van der Waals surface area (Å²) >= 11 is 0. The van der Waals surface area contributed by atoms with Gasteiger partial charge in [0.25, 0.3) is 0 Å². The van der Waals surface area contributed by atoms with Crippen molar-refractivity contribution < 1.29 is 32.6 Å². The van der Waals surface area contributed by atoms with Crippen LogP contribution in [0.2, 0.25) is 0 Å². The SMILES string of the molecule is O=C(O)[C@@H]1CN(C(=O)Nc2cccc(Oc3ccccn3)c2)C[C@H]1C(F)(F)F. The van der Waals surface area contributed by atoms with Crippen molar-refractivity contribution in [2.45, 2.75) is 6.18 Å². The second-order valence-electron chi connectivity index (χ2n) is 6.23. The number of aliphatic carboxylic acids is 1. The number of carbonyl (C=O) groups is 2. The summed E-state index contributed by atoms with van der Waals surface area (Å²) in [6.45, 7) is -1.23. The molecule has 3 rings (SSSR count). The third kappa shape index (κ3) is 4.51. The number of aromatic nitrogens is 1. The fraction of sp³-hybridized carbons (Fsp3) is 0.278. The molecule has 0 unspecified atom stereocenters. The molecule has 0 radical (unpaired) electrons. The summed E-state index contributed by atoms with van der Waals surface area (Å²) in [6.07, 6.45) is -3.15. The van der Waals surface area contributed by atoms with Crippen LogP contribution in [0.3, 0.4) is 0 Å². The van der Waals surface area contributed by atoms with E-state index in [1.165, 1.54) is 12.1 Å². The Kier molecular flexibility index (Phi) is 5.39. The van der Waals surface area contributed by atoms with Gasteiger partial charge in [0.05, 0.1) is 11.8 Å². The number of nitrogens with zero attached hydrogens (tertiary/aromatic N) is 2. The van der Waals surface area contributed by atoms with Crippen LogP contribution in [0.5, 0.6) is 11.6 Å². The Morgan fingerprint density at radius 2 is 1.96 bits per heavy atom. The Bertz CT molecular complexity index is 861. The van der Waals surface area contributed by atoms with E-state index in [2.05, 4.69) is 10.3 Å². The first-order valence-electron chi connectivity index (χ1n) is 8.28. The highest BCUT2D eigenvalue weighted by Gasteiger charge is 2.53. The van der Waals surface area contributed by atoms with Gasteiger partial charge in [-0.25, -0.2) is 9.78 Å². The highest BCUT2D eigenvalue weighted by Crippen LogP contribution is 2.38. The van der Waals surface area contributed by atoms with Crippen LogP contribution in [0.25, 0.3) is 0 Å². The summed E-state index contributed by atoms with van der Waals surface area (Å²) in [7, 11) is 0. The van der Waals surface area contributed by atoms with Gasteiger partial charge >= 0.3 is 18.2 Å². The molecule has 1 saturated heterocycles. The summed E-state index contributed by atoms with van der Waals surface area (Å²) in [5, 5.41) is 11.5. The monoisotopic (exact) mass is 395 g/mol. The standard InChI is InChI=1S/C18H16F3N3O4/c19-18(20,21)14-10-24(9-13(14)16(25)26)17(27)23-11-4-3-5-12(8-11)28-15-6-1-2-7-22-15/h1-8,13-14H,9-10H2,(H,23,27)(H,25,26)/t13-,14-/m1/s1. The van der Waals surface area contributed by atoms with Gasteiger partial charge in [0.1, 0.15) is 5.75 Å². The van der Waals surface area contributed by atoms with Crippen molar-refractivity contribution in [2.24, 2.45) is 11.8 Å². The molecule has 1 fully saturated rings. The van der Waals surface area contributed by atoms with E-state index in [0.717, 1.165) is 4.90 Å². The molecule has 2 amide bonds. The number of carboxylic acids is 1. The number of anilines is 1. The van der Waals surface area contributed by atoms with E-state index in [-0.39, 0.29) is 0 Å². The van der Waals surface area contributed by atoms with Crippen LogP contribution in [0.1, 0.15) is 0 Å². The molecule has 0 saturated carbocycles. The van der Waals surface area contributed by atoms with Crippen LogP contribution >= 0.6 is 0 Å². The number of carbonyl (C=O) groups excluding carboxylic acids is 1. The van der Waals surface area contributed by atoms with Crippen LogP contribution in [-0.4, -0.2) is 46.3 Å². The minimum Gasteiger partial charge on any atom is -0.481 e. The average molecular weight is 395 g/mol. The first kappa shape index (κ1) is 19.5. The second kappa shape index (κ2) is 7.75. The van der Waals surface area contributed by atoms with E-state index in [1.807, 2.05) is 0 Å². The Labute approximate surface area is 157 Å². The van der Waals surface area contributed by atoms with Crippen molar-refractivity contribution >= 4 is 17.7 Å². The number of likely N-dealkylation sites (tertiary alicyclic amines) is 1. The predicted octanol–water partition coefficient (Wildman–Crippen LogP) is 3.60. The number of ether oxygens (including phenoxy) is 1. The lowest BCUT2D eigenvalue weighted by molar-refractivity contribution is -0.187. The van der Waals surface area contributed by atoms with Gasteiger partial charge in [-0.2, -0.15) is 13.2 Å². The molecule has 148 valence electrons. The lowest BCUT2D eigenvalue weighted by Crippen LogP contribution is -2.35. The quantitative estimate of drug-likeness (QED) is 0.825. The molecule has 7 nitrogen and oxygen atoms in total. The van der Waals surface area contributed by atoms with Crippen molar-refractivity contribution in [3.63, 3.8) is 0 Å². The van der Waals surface area contributed by atoms with Gasteiger partial charge in [-0.05, 0) is 18.2 Å². The Morgan fingerprint density at radius 3 is 2.57 bits per heavy atom. The van der Waals surface area contributed by atoms with Gasteiger partial charge in [0.15, 0.2) is 0 Å². The summed E-state index contributed by atoms with van der Waals surface area (Å²) in [6, 6.07) is 10.5. The second-order valence-corrected chi connectivity index (χ2v) is 6.23. The molecule has 0 aliphatic carbocycles. The predicted molar refractivity (Wildman–Crippen MR) is 92.0 cm³/mol. The molecule has 0 spiro atoms. The Balaban J connectivity index is 1.68. The summed E-state index contributed by atoms with van der Waals surface area (Å²) in [5.41, 5.74) is 0.292. The van der Waals surface area contributed by atoms with Gasteiger partial charge < -0.3 is 20.1 Å². The zero-order valence-corrected chi connectivity index (χ0v) is 14.4. The maximum absolute atomic E-state index is 13.1. The highest BCUT2D eigenvalue weighted by atomic mass is 19.4. The van der Waals surface area contributed by atoms with E-state index in [9.17, 15) is 22.8 Å². The number of hydrogen-bond donors (Lipinski definition) is 2. The van der Waals surface area contributed by atoms with Crippen LogP contribution in [0.4, 0.5) is 23.7 Å². The third-order valence-electron chi connectivity index (χ3n) is 4.29. The van der Waals surface area contributed by atoms with Crippen LogP contribution < -0.4 is 10.1 Å². The summed E-state index contributed by atoms with van der Waals surface area (Å²) in [4.78, 5) is 28.3. The maximum Gasteiger partial charge on any atom is 0.394 e. The van der Waals surface area contributed by atoms with Gasteiger partial charge in [-0.1, -0.05) is 12.1 Å². The topological polar surface area (TPSA) is 91.8 Å². The summed E-state index contributed by atoms with van der Waals surface area (Å²) in [5.74, 6) is -4.67. The number of hydrogen-bond acceptors (Lipinski definition) is 4. The van der Waals surface area contributed by atoms with Gasteiger partial charge in [-0.3, -0.25) is 4.79 Å². The number of urea groups is 1. The molecule has 1 aliphatic rings. The van der Waals surface area contributed by atoms with Gasteiger partial charge in [-0.15, -0.1) is 0 Å². The normalized spacial score (nSPS) is 19.3. The number of pyridine rings is 1. The molecule has 2 heterocycles. The number of nitrogens with one attached hydrogen (secondary N) is 1. The third-order valence-corrected chi connectivity index (χ3v) is 4.29. The average Bonchev–Trinajstić information content (AvgIpc) is 3.09. The van der Waals surface area contributed by atoms with Crippen molar-refractivity contribution in [2.75, 3.05) is 18.4 Å². The van der Waals surface area contributed by atoms with E-state index >= 15 is 0 Å². The van der Waals surface area contributed by atoms with Crippen LogP contribution in [0, 0.1) is 11.8 Å². The lowest BCUT2D eigenvalue weighted by atomic mass is 9.96. The minimum atomic E-state index is -4.70. The number of rotatable bonds is 4. The molecule has 2 atom stereocenters. The van der Waals surface area contributed by atoms with Gasteiger partial charge in [0.2, 0.25) is 5.88 Å².